The van der Waals surface area contributed by atoms with Gasteiger partial charge in [0.2, 0.25) is 0 Å². The fourth-order valence-corrected chi connectivity index (χ4v) is 2.04. The summed E-state index contributed by atoms with van der Waals surface area (Å²) >= 11 is 3.27. The van der Waals surface area contributed by atoms with E-state index in [0.717, 1.165) is 10.8 Å². The Morgan fingerprint density at radius 2 is 2.33 bits per heavy atom. The lowest BCUT2D eigenvalue weighted by Crippen LogP contribution is -2.31. The van der Waals surface area contributed by atoms with Crippen molar-refractivity contribution in [2.45, 2.75) is 0 Å². The van der Waals surface area contributed by atoms with Gasteiger partial charge >= 0.3 is 6.03 Å². The number of nitrogens with zero attached hydrogens (tertiary/aromatic N) is 1. The van der Waals surface area contributed by atoms with Crippen LogP contribution >= 0.6 is 15.9 Å². The lowest BCUT2D eigenvalue weighted by molar-refractivity contribution is 0.112. The number of urea groups is 1. The average molecular weight is 313 g/mol. The predicted molar refractivity (Wildman–Crippen MR) is 70.0 cm³/mol. The van der Waals surface area contributed by atoms with Crippen LogP contribution in [0.15, 0.2) is 22.7 Å². The summed E-state index contributed by atoms with van der Waals surface area (Å²) < 4.78 is 6.25. The molecule has 0 spiro atoms. The van der Waals surface area contributed by atoms with Crippen molar-refractivity contribution in [3.8, 4) is 5.75 Å². The highest BCUT2D eigenvalue weighted by atomic mass is 79.9. The van der Waals surface area contributed by atoms with E-state index >= 15 is 0 Å². The molecule has 1 aromatic rings. The summed E-state index contributed by atoms with van der Waals surface area (Å²) in [6.07, 6.45) is 0.769. The number of ether oxygens (including phenoxy) is 1. The van der Waals surface area contributed by atoms with E-state index in [9.17, 15) is 9.59 Å². The van der Waals surface area contributed by atoms with Crippen molar-refractivity contribution in [3.05, 3.63) is 28.2 Å². The van der Waals surface area contributed by atoms with Gasteiger partial charge in [0.25, 0.3) is 0 Å². The zero-order valence-corrected chi connectivity index (χ0v) is 11.3. The maximum atomic E-state index is 11.3. The Labute approximate surface area is 113 Å². The normalized spacial score (nSPS) is 14.5. The van der Waals surface area contributed by atoms with Gasteiger partial charge in [0.1, 0.15) is 12.4 Å². The first-order chi connectivity index (χ1) is 8.70. The average Bonchev–Trinajstić information content (AvgIpc) is 2.77. The quantitative estimate of drug-likeness (QED) is 0.841. The number of nitrogens with one attached hydrogen (secondary N) is 1. The molecule has 2 rings (SSSR count). The topological polar surface area (TPSA) is 58.6 Å². The van der Waals surface area contributed by atoms with E-state index < -0.39 is 0 Å². The Morgan fingerprint density at radius 3 is 3.00 bits per heavy atom. The summed E-state index contributed by atoms with van der Waals surface area (Å²) in [5.74, 6) is 0.625. The van der Waals surface area contributed by atoms with Gasteiger partial charge in [0.05, 0.1) is 6.54 Å². The highest BCUT2D eigenvalue weighted by molar-refractivity contribution is 9.10. The molecule has 0 atom stereocenters. The molecule has 1 saturated heterocycles. The van der Waals surface area contributed by atoms with Crippen LogP contribution in [-0.2, 0) is 0 Å². The van der Waals surface area contributed by atoms with Crippen LogP contribution in [0.4, 0.5) is 4.79 Å². The maximum Gasteiger partial charge on any atom is 0.317 e. The summed E-state index contributed by atoms with van der Waals surface area (Å²) in [5, 5.41) is 2.72. The largest absolute Gasteiger partial charge is 0.492 e. The number of carbonyl (C=O) groups excluding carboxylic acids is 2. The lowest BCUT2D eigenvalue weighted by Gasteiger charge is -2.14. The molecule has 2 amide bonds. The number of aldehydes is 1. The van der Waals surface area contributed by atoms with Crippen LogP contribution in [0, 0.1) is 0 Å². The molecule has 0 aliphatic carbocycles. The molecule has 18 heavy (non-hydrogen) atoms. The molecule has 0 bridgehead atoms. The molecule has 0 unspecified atom stereocenters. The minimum Gasteiger partial charge on any atom is -0.492 e. The van der Waals surface area contributed by atoms with Gasteiger partial charge in [-0.25, -0.2) is 4.79 Å². The fourth-order valence-electron chi connectivity index (χ4n) is 1.70. The van der Waals surface area contributed by atoms with Crippen molar-refractivity contribution in [2.75, 3.05) is 26.2 Å². The van der Waals surface area contributed by atoms with Crippen LogP contribution in [0.2, 0.25) is 0 Å². The highest BCUT2D eigenvalue weighted by Gasteiger charge is 2.18. The van der Waals surface area contributed by atoms with Gasteiger partial charge in [0.15, 0.2) is 6.29 Å². The van der Waals surface area contributed by atoms with E-state index in [0.29, 0.717) is 37.6 Å². The zero-order chi connectivity index (χ0) is 13.0. The summed E-state index contributed by atoms with van der Waals surface area (Å²) in [6, 6.07) is 5.16. The number of amides is 2. The number of benzene rings is 1. The SMILES string of the molecule is O=Cc1cc(OCCN2CCNC2=O)ccc1Br. The molecule has 6 heteroatoms. The maximum absolute atomic E-state index is 11.3. The number of hydrogen-bond donors (Lipinski definition) is 1. The van der Waals surface area contributed by atoms with Crippen molar-refractivity contribution >= 4 is 28.2 Å². The van der Waals surface area contributed by atoms with Crippen molar-refractivity contribution in [1.82, 2.24) is 10.2 Å². The van der Waals surface area contributed by atoms with E-state index in [1.807, 2.05) is 0 Å². The summed E-state index contributed by atoms with van der Waals surface area (Å²) in [4.78, 5) is 23.7. The Kier molecular flexibility index (Phi) is 4.19. The van der Waals surface area contributed by atoms with Crippen molar-refractivity contribution < 1.29 is 14.3 Å². The van der Waals surface area contributed by atoms with Crippen LogP contribution in [0.5, 0.6) is 5.75 Å². The van der Waals surface area contributed by atoms with Crippen molar-refractivity contribution in [1.29, 1.82) is 0 Å². The number of rotatable bonds is 5. The Balaban J connectivity index is 1.86. The molecule has 1 aliphatic heterocycles. The van der Waals surface area contributed by atoms with Crippen molar-refractivity contribution in [3.63, 3.8) is 0 Å². The third kappa shape index (κ3) is 3.01. The Morgan fingerprint density at radius 1 is 1.50 bits per heavy atom. The second-order valence-corrected chi connectivity index (χ2v) is 4.72. The Bertz CT molecular complexity index is 465. The first kappa shape index (κ1) is 12.9. The summed E-state index contributed by atoms with van der Waals surface area (Å²) in [6.45, 7) is 2.35. The molecule has 96 valence electrons. The monoisotopic (exact) mass is 312 g/mol. The van der Waals surface area contributed by atoms with Crippen molar-refractivity contribution in [2.24, 2.45) is 0 Å². The van der Waals surface area contributed by atoms with Gasteiger partial charge in [-0.05, 0) is 18.2 Å². The molecule has 1 N–H and O–H groups in total. The summed E-state index contributed by atoms with van der Waals surface area (Å²) in [5.41, 5.74) is 0.548. The van der Waals surface area contributed by atoms with Crippen LogP contribution in [0.3, 0.4) is 0 Å². The third-order valence-corrected chi connectivity index (χ3v) is 3.39. The second kappa shape index (κ2) is 5.86. The van der Waals surface area contributed by atoms with Gasteiger partial charge in [-0.15, -0.1) is 0 Å². The highest BCUT2D eigenvalue weighted by Crippen LogP contribution is 2.21. The van der Waals surface area contributed by atoms with Gasteiger partial charge in [0, 0.05) is 23.1 Å². The zero-order valence-electron chi connectivity index (χ0n) is 9.69. The first-order valence-corrected chi connectivity index (χ1v) is 6.40. The molecule has 1 aliphatic rings. The van der Waals surface area contributed by atoms with E-state index in [4.69, 9.17) is 4.74 Å². The molecule has 0 saturated carbocycles. The van der Waals surface area contributed by atoms with E-state index in [1.165, 1.54) is 0 Å². The van der Waals surface area contributed by atoms with Gasteiger partial charge in [-0.1, -0.05) is 15.9 Å². The minimum atomic E-state index is -0.0528. The molecule has 0 aromatic heterocycles. The number of carbonyl (C=O) groups is 2. The van der Waals surface area contributed by atoms with Gasteiger partial charge in [-0.3, -0.25) is 4.79 Å². The summed E-state index contributed by atoms with van der Waals surface area (Å²) in [7, 11) is 0. The van der Waals surface area contributed by atoms with Crippen LogP contribution in [-0.4, -0.2) is 43.5 Å². The smallest absolute Gasteiger partial charge is 0.317 e. The molecule has 1 aromatic carbocycles. The van der Waals surface area contributed by atoms with E-state index in [-0.39, 0.29) is 6.03 Å². The third-order valence-electron chi connectivity index (χ3n) is 2.67. The number of hydrogen-bond acceptors (Lipinski definition) is 3. The molecular formula is C12H13BrN2O3. The van der Waals surface area contributed by atoms with Crippen LogP contribution in [0.1, 0.15) is 10.4 Å². The van der Waals surface area contributed by atoms with Crippen LogP contribution < -0.4 is 10.1 Å². The molecule has 0 radical (unpaired) electrons. The van der Waals surface area contributed by atoms with E-state index in [1.54, 1.807) is 23.1 Å². The number of halogens is 1. The molecule has 1 heterocycles. The standard InChI is InChI=1S/C12H13BrN2O3/c13-11-2-1-10(7-9(11)8-16)18-6-5-15-4-3-14-12(15)17/h1-2,7-8H,3-6H2,(H,14,17). The fraction of sp³-hybridized carbons (Fsp3) is 0.333. The van der Waals surface area contributed by atoms with Gasteiger partial charge < -0.3 is 15.0 Å². The first-order valence-electron chi connectivity index (χ1n) is 5.61. The van der Waals surface area contributed by atoms with Gasteiger partial charge in [-0.2, -0.15) is 0 Å². The van der Waals surface area contributed by atoms with E-state index in [2.05, 4.69) is 21.2 Å². The lowest BCUT2D eigenvalue weighted by atomic mass is 10.2. The molecule has 5 nitrogen and oxygen atoms in total. The predicted octanol–water partition coefficient (Wildman–Crippen LogP) is 1.67. The molecular weight excluding hydrogens is 300 g/mol. The van der Waals surface area contributed by atoms with Crippen LogP contribution in [0.25, 0.3) is 0 Å². The Hall–Kier alpha value is -1.56. The minimum absolute atomic E-state index is 0.0528. The molecule has 1 fully saturated rings. The second-order valence-electron chi connectivity index (χ2n) is 3.87.